The van der Waals surface area contributed by atoms with Gasteiger partial charge < -0.3 is 10.6 Å². The van der Waals surface area contributed by atoms with Gasteiger partial charge in [0.15, 0.2) is 5.96 Å². The smallest absolute Gasteiger partial charge is 0.192 e. The van der Waals surface area contributed by atoms with E-state index < -0.39 is 0 Å². The van der Waals surface area contributed by atoms with Crippen LogP contribution in [0.4, 0.5) is 0 Å². The molecule has 0 amide bonds. The second-order valence-electron chi connectivity index (χ2n) is 5.54. The molecule has 2 unspecified atom stereocenters. The Morgan fingerprint density at radius 1 is 1.32 bits per heavy atom. The van der Waals surface area contributed by atoms with Gasteiger partial charge in [-0.2, -0.15) is 0 Å². The third kappa shape index (κ3) is 2.60. The molecule has 1 aromatic rings. The molecule has 0 radical (unpaired) electrons. The first kappa shape index (κ1) is 13.9. The third-order valence-corrected chi connectivity index (χ3v) is 4.36. The first-order chi connectivity index (χ1) is 9.13. The van der Waals surface area contributed by atoms with E-state index in [-0.39, 0.29) is 5.54 Å². The molecule has 0 fully saturated rings. The number of guanidine groups is 1. The van der Waals surface area contributed by atoms with E-state index in [0.717, 1.165) is 25.8 Å². The number of aliphatic imine (C=N–C) groups is 1. The summed E-state index contributed by atoms with van der Waals surface area (Å²) < 4.78 is 0. The zero-order valence-corrected chi connectivity index (χ0v) is 12.3. The highest BCUT2D eigenvalue weighted by atomic mass is 15.4. The van der Waals surface area contributed by atoms with Crippen molar-refractivity contribution >= 4 is 5.96 Å². The van der Waals surface area contributed by atoms with Gasteiger partial charge in [0.05, 0.1) is 12.1 Å². The summed E-state index contributed by atoms with van der Waals surface area (Å²) in [7, 11) is 0. The predicted octanol–water partition coefficient (Wildman–Crippen LogP) is 2.81. The normalized spacial score (nSPS) is 24.4. The molecule has 1 aliphatic heterocycles. The van der Waals surface area contributed by atoms with E-state index in [2.05, 4.69) is 61.0 Å². The molecule has 0 aromatic heterocycles. The summed E-state index contributed by atoms with van der Waals surface area (Å²) in [4.78, 5) is 6.87. The molecule has 0 saturated carbocycles. The van der Waals surface area contributed by atoms with Crippen molar-refractivity contribution in [2.24, 2.45) is 10.7 Å². The summed E-state index contributed by atoms with van der Waals surface area (Å²) >= 11 is 0. The fraction of sp³-hybridized carbons (Fsp3) is 0.562. The van der Waals surface area contributed by atoms with Gasteiger partial charge in [0.2, 0.25) is 0 Å². The average molecular weight is 259 g/mol. The van der Waals surface area contributed by atoms with Gasteiger partial charge in [0.1, 0.15) is 0 Å². The Morgan fingerprint density at radius 3 is 2.58 bits per heavy atom. The van der Waals surface area contributed by atoms with Crippen LogP contribution < -0.4 is 5.73 Å². The van der Waals surface area contributed by atoms with Crippen LogP contribution in [0.2, 0.25) is 0 Å². The molecule has 19 heavy (non-hydrogen) atoms. The maximum atomic E-state index is 6.14. The highest BCUT2D eigenvalue weighted by Crippen LogP contribution is 2.32. The molecule has 2 atom stereocenters. The van der Waals surface area contributed by atoms with Gasteiger partial charge in [-0.15, -0.1) is 0 Å². The summed E-state index contributed by atoms with van der Waals surface area (Å²) in [6.07, 6.45) is 3.17. The SMILES string of the molecule is CCC(C)N1C(N)=NCC1(CC)Cc1ccccc1. The largest absolute Gasteiger partial charge is 0.370 e. The Hall–Kier alpha value is -1.51. The standard InChI is InChI=1S/C16H25N3/c1-4-13(3)19-15(17)18-12-16(19,5-2)11-14-9-7-6-8-10-14/h6-10,13H,4-5,11-12H2,1-3H3,(H2,17,18). The van der Waals surface area contributed by atoms with E-state index >= 15 is 0 Å². The third-order valence-electron chi connectivity index (χ3n) is 4.36. The first-order valence-corrected chi connectivity index (χ1v) is 7.26. The van der Waals surface area contributed by atoms with E-state index in [1.165, 1.54) is 5.56 Å². The summed E-state index contributed by atoms with van der Waals surface area (Å²) in [5, 5.41) is 0. The van der Waals surface area contributed by atoms with Gasteiger partial charge in [-0.3, -0.25) is 4.99 Å². The van der Waals surface area contributed by atoms with Crippen LogP contribution in [-0.2, 0) is 6.42 Å². The first-order valence-electron chi connectivity index (χ1n) is 7.26. The van der Waals surface area contributed by atoms with E-state index in [1.54, 1.807) is 0 Å². The Balaban J connectivity index is 2.27. The van der Waals surface area contributed by atoms with Crippen LogP contribution in [0.3, 0.4) is 0 Å². The van der Waals surface area contributed by atoms with Crippen molar-refractivity contribution in [3.63, 3.8) is 0 Å². The summed E-state index contributed by atoms with van der Waals surface area (Å²) in [5.74, 6) is 0.715. The second kappa shape index (κ2) is 5.64. The molecule has 3 nitrogen and oxygen atoms in total. The van der Waals surface area contributed by atoms with Crippen molar-refractivity contribution in [3.05, 3.63) is 35.9 Å². The van der Waals surface area contributed by atoms with Crippen molar-refractivity contribution < 1.29 is 0 Å². The van der Waals surface area contributed by atoms with E-state index in [0.29, 0.717) is 12.0 Å². The lowest BCUT2D eigenvalue weighted by molar-refractivity contribution is 0.146. The molecular formula is C16H25N3. The highest BCUT2D eigenvalue weighted by Gasteiger charge is 2.42. The molecule has 1 aliphatic rings. The number of hydrogen-bond donors (Lipinski definition) is 1. The summed E-state index contributed by atoms with van der Waals surface area (Å²) in [6.45, 7) is 7.50. The summed E-state index contributed by atoms with van der Waals surface area (Å²) in [5.41, 5.74) is 7.56. The molecule has 2 rings (SSSR count). The number of nitrogens with two attached hydrogens (primary N) is 1. The Bertz CT molecular complexity index is 441. The maximum absolute atomic E-state index is 6.14. The molecular weight excluding hydrogens is 234 g/mol. The Kier molecular flexibility index (Phi) is 4.13. The van der Waals surface area contributed by atoms with Crippen molar-refractivity contribution in [1.82, 2.24) is 4.90 Å². The van der Waals surface area contributed by atoms with E-state index in [1.807, 2.05) is 0 Å². The van der Waals surface area contributed by atoms with Gasteiger partial charge in [-0.25, -0.2) is 0 Å². The molecule has 3 heteroatoms. The minimum absolute atomic E-state index is 0.0564. The van der Waals surface area contributed by atoms with E-state index in [4.69, 9.17) is 5.73 Å². The molecule has 0 spiro atoms. The minimum Gasteiger partial charge on any atom is -0.370 e. The van der Waals surface area contributed by atoms with Crippen LogP contribution in [0.15, 0.2) is 35.3 Å². The van der Waals surface area contributed by atoms with Gasteiger partial charge in [-0.05, 0) is 31.7 Å². The van der Waals surface area contributed by atoms with Gasteiger partial charge in [0.25, 0.3) is 0 Å². The number of rotatable bonds is 5. The zero-order chi connectivity index (χ0) is 13.9. The minimum atomic E-state index is 0.0564. The lowest BCUT2D eigenvalue weighted by Gasteiger charge is -2.42. The quantitative estimate of drug-likeness (QED) is 0.883. The van der Waals surface area contributed by atoms with Crippen LogP contribution in [0.5, 0.6) is 0 Å². The van der Waals surface area contributed by atoms with Gasteiger partial charge in [-0.1, -0.05) is 44.2 Å². The predicted molar refractivity (Wildman–Crippen MR) is 81.2 cm³/mol. The van der Waals surface area contributed by atoms with Crippen molar-refractivity contribution in [3.8, 4) is 0 Å². The zero-order valence-electron chi connectivity index (χ0n) is 12.3. The van der Waals surface area contributed by atoms with Gasteiger partial charge >= 0.3 is 0 Å². The maximum Gasteiger partial charge on any atom is 0.192 e. The molecule has 0 saturated heterocycles. The second-order valence-corrected chi connectivity index (χ2v) is 5.54. The van der Waals surface area contributed by atoms with Gasteiger partial charge in [0, 0.05) is 6.04 Å². The van der Waals surface area contributed by atoms with Crippen LogP contribution >= 0.6 is 0 Å². The van der Waals surface area contributed by atoms with Crippen LogP contribution in [0.25, 0.3) is 0 Å². The van der Waals surface area contributed by atoms with Crippen molar-refractivity contribution in [1.29, 1.82) is 0 Å². The lowest BCUT2D eigenvalue weighted by Crippen LogP contribution is -2.56. The molecule has 1 heterocycles. The number of benzene rings is 1. The monoisotopic (exact) mass is 259 g/mol. The fourth-order valence-electron chi connectivity index (χ4n) is 3.02. The molecule has 2 N–H and O–H groups in total. The number of nitrogens with zero attached hydrogens (tertiary/aromatic N) is 2. The average Bonchev–Trinajstić information content (AvgIpc) is 2.77. The molecule has 0 bridgehead atoms. The molecule has 1 aromatic carbocycles. The lowest BCUT2D eigenvalue weighted by atomic mass is 9.86. The topological polar surface area (TPSA) is 41.6 Å². The van der Waals surface area contributed by atoms with Crippen molar-refractivity contribution in [2.45, 2.75) is 51.6 Å². The number of hydrogen-bond acceptors (Lipinski definition) is 3. The molecule has 0 aliphatic carbocycles. The van der Waals surface area contributed by atoms with Crippen molar-refractivity contribution in [2.75, 3.05) is 6.54 Å². The van der Waals surface area contributed by atoms with Crippen LogP contribution in [-0.4, -0.2) is 29.0 Å². The Morgan fingerprint density at radius 2 is 2.00 bits per heavy atom. The van der Waals surface area contributed by atoms with Crippen LogP contribution in [0.1, 0.15) is 39.2 Å². The summed E-state index contributed by atoms with van der Waals surface area (Å²) in [6, 6.07) is 11.1. The van der Waals surface area contributed by atoms with E-state index in [9.17, 15) is 0 Å². The van der Waals surface area contributed by atoms with Crippen LogP contribution in [0, 0.1) is 0 Å². The molecule has 104 valence electrons. The highest BCUT2D eigenvalue weighted by molar-refractivity contribution is 5.81. The fourth-order valence-corrected chi connectivity index (χ4v) is 3.02. The Labute approximate surface area is 116 Å².